The van der Waals surface area contributed by atoms with Crippen molar-refractivity contribution in [2.75, 3.05) is 19.4 Å². The van der Waals surface area contributed by atoms with Crippen LogP contribution in [-0.4, -0.2) is 39.1 Å². The van der Waals surface area contributed by atoms with E-state index in [0.29, 0.717) is 29.6 Å². The number of aromatic nitrogens is 4. The van der Waals surface area contributed by atoms with Crippen molar-refractivity contribution in [2.45, 2.75) is 26.2 Å². The Hall–Kier alpha value is -3.94. The standard InChI is InChI=1S/C24H26N6O2/c1-15(17-7-5-4-6-8-17)9-11-26-22(31)20-14-19(16(2)27-23(20)32-3)18-10-12-30-21(13-18)28-24(25)29-30/h4-8,10,12-15H,9,11H2,1-3H3,(H2,25,29)(H,26,31). The minimum Gasteiger partial charge on any atom is -0.480 e. The number of nitrogens with one attached hydrogen (secondary N) is 1. The number of pyridine rings is 2. The van der Waals surface area contributed by atoms with Crippen LogP contribution < -0.4 is 15.8 Å². The predicted octanol–water partition coefficient (Wildman–Crippen LogP) is 3.61. The summed E-state index contributed by atoms with van der Waals surface area (Å²) in [6.07, 6.45) is 2.61. The van der Waals surface area contributed by atoms with Crippen LogP contribution in [0.4, 0.5) is 5.95 Å². The zero-order valence-electron chi connectivity index (χ0n) is 18.4. The fourth-order valence-electron chi connectivity index (χ4n) is 3.71. The number of fused-ring (bicyclic) bond motifs is 1. The largest absolute Gasteiger partial charge is 0.480 e. The van der Waals surface area contributed by atoms with E-state index in [-0.39, 0.29) is 11.9 Å². The van der Waals surface area contributed by atoms with Crippen molar-refractivity contribution in [3.05, 3.63) is 71.5 Å². The SMILES string of the molecule is COc1nc(C)c(-c2ccn3nc(N)nc3c2)cc1C(=O)NCCC(C)c1ccccc1. The molecule has 0 saturated carbocycles. The van der Waals surface area contributed by atoms with Crippen LogP contribution in [0.25, 0.3) is 16.8 Å². The number of anilines is 1. The van der Waals surface area contributed by atoms with Gasteiger partial charge in [0.05, 0.1) is 7.11 Å². The second-order valence-corrected chi connectivity index (χ2v) is 7.72. The number of aryl methyl sites for hydroxylation is 1. The molecule has 0 spiro atoms. The number of ether oxygens (including phenoxy) is 1. The highest BCUT2D eigenvalue weighted by atomic mass is 16.5. The lowest BCUT2D eigenvalue weighted by atomic mass is 9.98. The van der Waals surface area contributed by atoms with E-state index in [1.807, 2.05) is 43.3 Å². The van der Waals surface area contributed by atoms with Gasteiger partial charge in [-0.2, -0.15) is 4.98 Å². The average molecular weight is 431 g/mol. The topological polar surface area (TPSA) is 107 Å². The van der Waals surface area contributed by atoms with E-state index >= 15 is 0 Å². The highest BCUT2D eigenvalue weighted by Crippen LogP contribution is 2.28. The number of nitrogens with zero attached hydrogens (tertiary/aromatic N) is 4. The Morgan fingerprint density at radius 3 is 2.72 bits per heavy atom. The molecule has 0 aliphatic heterocycles. The Kier molecular flexibility index (Phi) is 6.02. The third-order valence-corrected chi connectivity index (χ3v) is 5.51. The molecule has 1 unspecified atom stereocenters. The average Bonchev–Trinajstić information content (AvgIpc) is 3.18. The number of methoxy groups -OCH3 is 1. The van der Waals surface area contributed by atoms with Crippen LogP contribution in [-0.2, 0) is 0 Å². The summed E-state index contributed by atoms with van der Waals surface area (Å²) in [6.45, 7) is 4.58. The molecule has 1 atom stereocenters. The summed E-state index contributed by atoms with van der Waals surface area (Å²) in [6, 6.07) is 15.8. The maximum Gasteiger partial charge on any atom is 0.256 e. The molecule has 3 N–H and O–H groups in total. The van der Waals surface area contributed by atoms with Gasteiger partial charge in [0.25, 0.3) is 5.91 Å². The summed E-state index contributed by atoms with van der Waals surface area (Å²) in [7, 11) is 1.51. The first-order chi connectivity index (χ1) is 15.5. The second-order valence-electron chi connectivity index (χ2n) is 7.72. The number of rotatable bonds is 7. The van der Waals surface area contributed by atoms with Crippen LogP contribution in [0.1, 0.15) is 40.9 Å². The van der Waals surface area contributed by atoms with Crippen LogP contribution in [0.15, 0.2) is 54.7 Å². The Balaban J connectivity index is 1.55. The van der Waals surface area contributed by atoms with Crippen LogP contribution in [0.3, 0.4) is 0 Å². The molecule has 1 amide bonds. The van der Waals surface area contributed by atoms with Gasteiger partial charge in [-0.25, -0.2) is 9.50 Å². The van der Waals surface area contributed by atoms with Crippen molar-refractivity contribution in [3.63, 3.8) is 0 Å². The number of hydrogen-bond acceptors (Lipinski definition) is 6. The second kappa shape index (κ2) is 9.05. The van der Waals surface area contributed by atoms with Crippen molar-refractivity contribution < 1.29 is 9.53 Å². The lowest BCUT2D eigenvalue weighted by molar-refractivity contribution is 0.0949. The third-order valence-electron chi connectivity index (χ3n) is 5.51. The van der Waals surface area contributed by atoms with Crippen molar-refractivity contribution in [1.82, 2.24) is 24.9 Å². The van der Waals surface area contributed by atoms with Crippen molar-refractivity contribution in [3.8, 4) is 17.0 Å². The molecule has 4 rings (SSSR count). The van der Waals surface area contributed by atoms with Gasteiger partial charge in [0.1, 0.15) is 5.56 Å². The molecule has 164 valence electrons. The maximum absolute atomic E-state index is 13.0. The van der Waals surface area contributed by atoms with Gasteiger partial charge < -0.3 is 15.8 Å². The number of carbonyl (C=O) groups is 1. The molecular formula is C24H26N6O2. The number of hydrogen-bond donors (Lipinski definition) is 2. The molecule has 0 aliphatic rings. The first kappa shape index (κ1) is 21.3. The van der Waals surface area contributed by atoms with E-state index in [0.717, 1.165) is 23.2 Å². The van der Waals surface area contributed by atoms with Gasteiger partial charge in [-0.1, -0.05) is 37.3 Å². The molecule has 4 aromatic rings. The third kappa shape index (κ3) is 4.39. The molecule has 1 aromatic carbocycles. The lowest BCUT2D eigenvalue weighted by Gasteiger charge is -2.15. The summed E-state index contributed by atoms with van der Waals surface area (Å²) >= 11 is 0. The molecular weight excluding hydrogens is 404 g/mol. The minimum atomic E-state index is -0.219. The van der Waals surface area contributed by atoms with Crippen LogP contribution in [0, 0.1) is 6.92 Å². The zero-order chi connectivity index (χ0) is 22.7. The van der Waals surface area contributed by atoms with E-state index in [9.17, 15) is 4.79 Å². The number of benzene rings is 1. The predicted molar refractivity (Wildman–Crippen MR) is 124 cm³/mol. The first-order valence-corrected chi connectivity index (χ1v) is 10.5. The van der Waals surface area contributed by atoms with Gasteiger partial charge in [0.15, 0.2) is 5.65 Å². The maximum atomic E-state index is 13.0. The molecule has 0 bridgehead atoms. The van der Waals surface area contributed by atoms with Gasteiger partial charge in [-0.05, 0) is 48.6 Å². The summed E-state index contributed by atoms with van der Waals surface area (Å²) in [5.74, 6) is 0.625. The summed E-state index contributed by atoms with van der Waals surface area (Å²) in [4.78, 5) is 21.7. The van der Waals surface area contributed by atoms with Gasteiger partial charge >= 0.3 is 0 Å². The van der Waals surface area contributed by atoms with Crippen LogP contribution >= 0.6 is 0 Å². The molecule has 3 aromatic heterocycles. The quantitative estimate of drug-likeness (QED) is 0.464. The Morgan fingerprint density at radius 1 is 1.19 bits per heavy atom. The zero-order valence-corrected chi connectivity index (χ0v) is 18.4. The normalized spacial score (nSPS) is 12.0. The van der Waals surface area contributed by atoms with Crippen molar-refractivity contribution in [1.29, 1.82) is 0 Å². The Morgan fingerprint density at radius 2 is 1.97 bits per heavy atom. The van der Waals surface area contributed by atoms with E-state index in [4.69, 9.17) is 10.5 Å². The molecule has 0 saturated heterocycles. The minimum absolute atomic E-state index is 0.205. The summed E-state index contributed by atoms with van der Waals surface area (Å²) < 4.78 is 7.00. The Labute approximate surface area is 186 Å². The first-order valence-electron chi connectivity index (χ1n) is 10.5. The van der Waals surface area contributed by atoms with E-state index in [1.165, 1.54) is 12.7 Å². The van der Waals surface area contributed by atoms with Crippen molar-refractivity contribution >= 4 is 17.5 Å². The van der Waals surface area contributed by atoms with Crippen LogP contribution in [0.2, 0.25) is 0 Å². The molecule has 3 heterocycles. The molecule has 0 radical (unpaired) electrons. The fraction of sp³-hybridized carbons (Fsp3) is 0.250. The van der Waals surface area contributed by atoms with E-state index < -0.39 is 0 Å². The van der Waals surface area contributed by atoms with Gasteiger partial charge in [0, 0.05) is 24.0 Å². The number of carbonyl (C=O) groups excluding carboxylic acids is 1. The molecule has 0 fully saturated rings. The number of amides is 1. The van der Waals surface area contributed by atoms with Gasteiger partial charge in [-0.15, -0.1) is 5.10 Å². The van der Waals surface area contributed by atoms with Crippen molar-refractivity contribution in [2.24, 2.45) is 0 Å². The molecule has 8 nitrogen and oxygen atoms in total. The van der Waals surface area contributed by atoms with Gasteiger partial charge in [-0.3, -0.25) is 4.79 Å². The Bertz CT molecular complexity index is 1250. The highest BCUT2D eigenvalue weighted by Gasteiger charge is 2.18. The smallest absolute Gasteiger partial charge is 0.256 e. The molecule has 0 aliphatic carbocycles. The lowest BCUT2D eigenvalue weighted by Crippen LogP contribution is -2.26. The molecule has 32 heavy (non-hydrogen) atoms. The van der Waals surface area contributed by atoms with Crippen LogP contribution in [0.5, 0.6) is 5.88 Å². The van der Waals surface area contributed by atoms with E-state index in [1.54, 1.807) is 10.7 Å². The number of nitrogens with two attached hydrogens (primary N) is 1. The fourth-order valence-corrected chi connectivity index (χ4v) is 3.71. The highest BCUT2D eigenvalue weighted by molar-refractivity contribution is 5.97. The number of nitrogen functional groups attached to an aromatic ring is 1. The molecule has 8 heteroatoms. The summed E-state index contributed by atoms with van der Waals surface area (Å²) in [5.41, 5.74) is 10.4. The summed E-state index contributed by atoms with van der Waals surface area (Å²) in [5, 5.41) is 7.10. The van der Waals surface area contributed by atoms with Gasteiger partial charge in [0.2, 0.25) is 11.8 Å². The monoisotopic (exact) mass is 430 g/mol. The van der Waals surface area contributed by atoms with E-state index in [2.05, 4.69) is 39.4 Å².